The Morgan fingerprint density at radius 2 is 2.03 bits per heavy atom. The van der Waals surface area contributed by atoms with Crippen molar-refractivity contribution in [2.45, 2.75) is 56.6 Å². The first-order chi connectivity index (χ1) is 14.3. The molecule has 3 heterocycles. The molecule has 2 aromatic rings. The Hall–Kier alpha value is -3.03. The van der Waals surface area contributed by atoms with Gasteiger partial charge in [-0.05, 0) is 12.8 Å². The van der Waals surface area contributed by atoms with Gasteiger partial charge in [-0.3, -0.25) is 23.9 Å². The summed E-state index contributed by atoms with van der Waals surface area (Å²) in [6.45, 7) is -0.524. The number of nitrogens with one attached hydrogen (secondary N) is 1. The number of anilines is 1. The summed E-state index contributed by atoms with van der Waals surface area (Å²) in [4.78, 5) is 45.0. The molecule has 2 aromatic heterocycles. The molecule has 1 saturated heterocycles. The number of fused-ring (bicyclic) bond motifs is 1. The number of nitrogen functional groups attached to an aromatic ring is 1. The Morgan fingerprint density at radius 3 is 2.73 bits per heavy atom. The van der Waals surface area contributed by atoms with Crippen molar-refractivity contribution in [1.29, 1.82) is 0 Å². The number of nitrogens with two attached hydrogens (primary N) is 1. The fourth-order valence-electron chi connectivity index (χ4n) is 3.28. The standard InChI is InChI=1S/C17H23N5O8/c18-17-20-14-11(15(28)21-17)19-7-22(14)16-13(12(27)8(6-23)29-16)30-10(26)5-3-1-2-4-9(24)25/h7-8,12-13,16,23,27H,1-6H2,(H,24,25)(H3,18,20,21,28)/t8-,12-,13-,16-/m1/s1. The first-order valence-corrected chi connectivity index (χ1v) is 9.39. The van der Waals surface area contributed by atoms with Crippen LogP contribution in [0.3, 0.4) is 0 Å². The fraction of sp³-hybridized carbons (Fsp3) is 0.588. The number of ether oxygens (including phenoxy) is 2. The van der Waals surface area contributed by atoms with Crippen LogP contribution < -0.4 is 11.3 Å². The summed E-state index contributed by atoms with van der Waals surface area (Å²) in [6, 6.07) is 0. The van der Waals surface area contributed by atoms with Gasteiger partial charge in [0, 0.05) is 12.8 Å². The number of carbonyl (C=O) groups excluding carboxylic acids is 1. The number of carboxylic acids is 1. The molecule has 6 N–H and O–H groups in total. The maximum absolute atomic E-state index is 12.2. The quantitative estimate of drug-likeness (QED) is 0.241. The van der Waals surface area contributed by atoms with Gasteiger partial charge in [-0.25, -0.2) is 4.98 Å². The average molecular weight is 425 g/mol. The molecule has 0 unspecified atom stereocenters. The van der Waals surface area contributed by atoms with Crippen LogP contribution in [0.5, 0.6) is 0 Å². The highest BCUT2D eigenvalue weighted by Gasteiger charge is 2.47. The molecule has 0 saturated carbocycles. The smallest absolute Gasteiger partial charge is 0.306 e. The molecule has 3 rings (SSSR count). The highest BCUT2D eigenvalue weighted by atomic mass is 16.6. The van der Waals surface area contributed by atoms with E-state index in [1.165, 1.54) is 10.9 Å². The molecule has 13 nitrogen and oxygen atoms in total. The second-order valence-corrected chi connectivity index (χ2v) is 6.92. The number of nitrogens with zero attached hydrogens (tertiary/aromatic N) is 3. The van der Waals surface area contributed by atoms with Gasteiger partial charge in [-0.2, -0.15) is 4.98 Å². The third-order valence-electron chi connectivity index (χ3n) is 4.76. The number of imidazole rings is 1. The summed E-state index contributed by atoms with van der Waals surface area (Å²) < 4.78 is 12.3. The van der Waals surface area contributed by atoms with Crippen molar-refractivity contribution in [2.24, 2.45) is 0 Å². The first kappa shape index (κ1) is 21.7. The molecule has 0 radical (unpaired) electrons. The van der Waals surface area contributed by atoms with Gasteiger partial charge in [0.25, 0.3) is 5.56 Å². The second-order valence-electron chi connectivity index (χ2n) is 6.92. The van der Waals surface area contributed by atoms with Crippen molar-refractivity contribution in [3.05, 3.63) is 16.7 Å². The minimum absolute atomic E-state index is 0.0155. The van der Waals surface area contributed by atoms with E-state index >= 15 is 0 Å². The Labute approximate surface area is 169 Å². The molecule has 13 heteroatoms. The van der Waals surface area contributed by atoms with Crippen LogP contribution in [0.4, 0.5) is 5.95 Å². The molecule has 164 valence electrons. The van der Waals surface area contributed by atoms with Crippen LogP contribution in [0.15, 0.2) is 11.1 Å². The zero-order valence-corrected chi connectivity index (χ0v) is 15.9. The van der Waals surface area contributed by atoms with Crippen LogP contribution in [0.1, 0.15) is 38.3 Å². The third kappa shape index (κ3) is 4.58. The largest absolute Gasteiger partial charge is 0.481 e. The number of carboxylic acid groups (broad SMARTS) is 1. The van der Waals surface area contributed by atoms with Gasteiger partial charge in [-0.1, -0.05) is 6.42 Å². The number of aliphatic hydroxyl groups excluding tert-OH is 2. The van der Waals surface area contributed by atoms with Crippen LogP contribution in [0.25, 0.3) is 11.2 Å². The summed E-state index contributed by atoms with van der Waals surface area (Å²) in [7, 11) is 0. The molecular weight excluding hydrogens is 402 g/mol. The van der Waals surface area contributed by atoms with Gasteiger partial charge in [0.15, 0.2) is 23.5 Å². The molecule has 0 spiro atoms. The van der Waals surface area contributed by atoms with E-state index < -0.39 is 48.6 Å². The minimum Gasteiger partial charge on any atom is -0.481 e. The molecule has 30 heavy (non-hydrogen) atoms. The summed E-state index contributed by atoms with van der Waals surface area (Å²) in [5, 5.41) is 28.5. The van der Waals surface area contributed by atoms with Crippen molar-refractivity contribution >= 4 is 29.1 Å². The molecule has 4 atom stereocenters. The predicted octanol–water partition coefficient (Wildman–Crippen LogP) is -1.10. The minimum atomic E-state index is -1.33. The lowest BCUT2D eigenvalue weighted by atomic mass is 10.1. The average Bonchev–Trinajstić information content (AvgIpc) is 3.23. The van der Waals surface area contributed by atoms with E-state index in [2.05, 4.69) is 15.0 Å². The van der Waals surface area contributed by atoms with Gasteiger partial charge in [-0.15, -0.1) is 0 Å². The highest BCUT2D eigenvalue weighted by Crippen LogP contribution is 2.33. The molecule has 1 aliphatic rings. The lowest BCUT2D eigenvalue weighted by Crippen LogP contribution is -2.37. The van der Waals surface area contributed by atoms with E-state index in [0.717, 1.165) is 0 Å². The lowest BCUT2D eigenvalue weighted by Gasteiger charge is -2.22. The van der Waals surface area contributed by atoms with Crippen LogP contribution in [0.2, 0.25) is 0 Å². The van der Waals surface area contributed by atoms with Gasteiger partial charge in [0.05, 0.1) is 12.9 Å². The Morgan fingerprint density at radius 1 is 1.30 bits per heavy atom. The molecule has 1 aliphatic heterocycles. The van der Waals surface area contributed by atoms with E-state index in [0.29, 0.717) is 19.3 Å². The molecule has 0 aliphatic carbocycles. The SMILES string of the molecule is Nc1nc2c(ncn2[C@@H]2O[C@H](CO)[C@@H](O)[C@H]2OC(=O)CCCCCC(=O)O)c(=O)[nH]1. The monoisotopic (exact) mass is 425 g/mol. The van der Waals surface area contributed by atoms with Crippen molar-refractivity contribution in [3.63, 3.8) is 0 Å². The van der Waals surface area contributed by atoms with Crippen molar-refractivity contribution in [1.82, 2.24) is 19.5 Å². The van der Waals surface area contributed by atoms with Gasteiger partial charge in [0.2, 0.25) is 5.95 Å². The number of rotatable bonds is 9. The van der Waals surface area contributed by atoms with Gasteiger partial charge >= 0.3 is 11.9 Å². The number of aliphatic carboxylic acids is 1. The topological polar surface area (TPSA) is 203 Å². The molecule has 1 fully saturated rings. The maximum Gasteiger partial charge on any atom is 0.306 e. The third-order valence-corrected chi connectivity index (χ3v) is 4.76. The van der Waals surface area contributed by atoms with E-state index in [9.17, 15) is 24.6 Å². The maximum atomic E-state index is 12.2. The van der Waals surface area contributed by atoms with Crippen molar-refractivity contribution < 1.29 is 34.4 Å². The number of aromatic nitrogens is 4. The lowest BCUT2D eigenvalue weighted by molar-refractivity contribution is -0.158. The number of unbranched alkanes of at least 4 members (excludes halogenated alkanes) is 2. The summed E-state index contributed by atoms with van der Waals surface area (Å²) in [5.74, 6) is -1.67. The normalized spacial score (nSPS) is 23.7. The zero-order chi connectivity index (χ0) is 21.8. The molecular formula is C17H23N5O8. The first-order valence-electron chi connectivity index (χ1n) is 9.39. The van der Waals surface area contributed by atoms with Gasteiger partial charge < -0.3 is 30.5 Å². The number of hydrogen-bond donors (Lipinski definition) is 5. The van der Waals surface area contributed by atoms with E-state index in [4.69, 9.17) is 20.3 Å². The van der Waals surface area contributed by atoms with Crippen LogP contribution in [-0.2, 0) is 19.1 Å². The molecule has 0 bridgehead atoms. The molecule has 0 aromatic carbocycles. The van der Waals surface area contributed by atoms with Crippen LogP contribution in [-0.4, -0.2) is 71.7 Å². The number of hydrogen-bond acceptors (Lipinski definition) is 10. The predicted molar refractivity (Wildman–Crippen MR) is 100 cm³/mol. The summed E-state index contributed by atoms with van der Waals surface area (Å²) in [6.07, 6.45) is -1.95. The Kier molecular flexibility index (Phi) is 6.64. The van der Waals surface area contributed by atoms with Crippen LogP contribution >= 0.6 is 0 Å². The summed E-state index contributed by atoms with van der Waals surface area (Å²) >= 11 is 0. The van der Waals surface area contributed by atoms with E-state index in [1.807, 2.05) is 0 Å². The van der Waals surface area contributed by atoms with Gasteiger partial charge in [0.1, 0.15) is 12.2 Å². The number of aliphatic hydroxyl groups is 2. The molecule has 0 amide bonds. The second kappa shape index (κ2) is 9.19. The van der Waals surface area contributed by atoms with E-state index in [1.54, 1.807) is 0 Å². The van der Waals surface area contributed by atoms with Crippen LogP contribution in [0, 0.1) is 0 Å². The summed E-state index contributed by atoms with van der Waals surface area (Å²) in [5.41, 5.74) is 5.07. The Bertz CT molecular complexity index is 973. The van der Waals surface area contributed by atoms with Crippen molar-refractivity contribution in [3.8, 4) is 0 Å². The zero-order valence-electron chi connectivity index (χ0n) is 15.9. The van der Waals surface area contributed by atoms with E-state index in [-0.39, 0.29) is 30.0 Å². The van der Waals surface area contributed by atoms with Crippen molar-refractivity contribution in [2.75, 3.05) is 12.3 Å². The number of esters is 1. The highest BCUT2D eigenvalue weighted by molar-refractivity contribution is 5.71. The number of H-pyrrole nitrogens is 1. The number of carbonyl (C=O) groups is 2. The fourth-order valence-corrected chi connectivity index (χ4v) is 3.28. The number of aromatic amines is 1. The Balaban J connectivity index is 1.74.